The number of fused-ring (bicyclic) bond motifs is 1. The standard InChI is InChI=1S/C19H23N3O3/c1-25-19(24)17(22-18(23)10-13-6-2-3-7-13)11-14-12-20-15-8-4-5-9-16(15)21-14/h4-5,8-9,12-13,17H,2-3,6-7,10-11H2,1H3,(H,22,23)/t17-/m1/s1. The summed E-state index contributed by atoms with van der Waals surface area (Å²) in [4.78, 5) is 33.2. The zero-order valence-electron chi connectivity index (χ0n) is 14.4. The summed E-state index contributed by atoms with van der Waals surface area (Å²) in [5.74, 6) is -0.135. The number of aromatic nitrogens is 2. The van der Waals surface area contributed by atoms with Crippen molar-refractivity contribution in [1.82, 2.24) is 15.3 Å². The molecule has 0 saturated heterocycles. The summed E-state index contributed by atoms with van der Waals surface area (Å²) in [7, 11) is 1.32. The molecule has 1 aromatic carbocycles. The number of esters is 1. The average molecular weight is 341 g/mol. The van der Waals surface area contributed by atoms with E-state index in [1.807, 2.05) is 24.3 Å². The van der Waals surface area contributed by atoms with E-state index in [4.69, 9.17) is 4.74 Å². The molecule has 0 spiro atoms. The lowest BCUT2D eigenvalue weighted by atomic mass is 10.0. The summed E-state index contributed by atoms with van der Waals surface area (Å²) in [5, 5.41) is 2.81. The Bertz CT molecular complexity index is 756. The third-order valence-electron chi connectivity index (χ3n) is 4.68. The van der Waals surface area contributed by atoms with Crippen molar-refractivity contribution in [3.8, 4) is 0 Å². The van der Waals surface area contributed by atoms with E-state index in [0.717, 1.165) is 23.9 Å². The first kappa shape index (κ1) is 17.3. The molecular weight excluding hydrogens is 318 g/mol. The number of rotatable bonds is 6. The zero-order valence-corrected chi connectivity index (χ0v) is 14.4. The van der Waals surface area contributed by atoms with Crippen LogP contribution in [0.15, 0.2) is 30.5 Å². The minimum Gasteiger partial charge on any atom is -0.467 e. The summed E-state index contributed by atoms with van der Waals surface area (Å²) >= 11 is 0. The Labute approximate surface area is 147 Å². The fourth-order valence-corrected chi connectivity index (χ4v) is 3.37. The summed E-state index contributed by atoms with van der Waals surface area (Å²) in [6.45, 7) is 0. The van der Waals surface area contributed by atoms with Crippen LogP contribution in [0.25, 0.3) is 11.0 Å². The molecule has 3 rings (SSSR count). The number of ether oxygens (including phenoxy) is 1. The van der Waals surface area contributed by atoms with E-state index in [1.165, 1.54) is 20.0 Å². The number of hydrogen-bond acceptors (Lipinski definition) is 5. The number of amides is 1. The largest absolute Gasteiger partial charge is 0.467 e. The normalized spacial score (nSPS) is 15.9. The Morgan fingerprint density at radius 3 is 2.68 bits per heavy atom. The molecule has 1 aromatic heterocycles. The maximum absolute atomic E-state index is 12.3. The smallest absolute Gasteiger partial charge is 0.328 e. The van der Waals surface area contributed by atoms with Gasteiger partial charge in [-0.05, 0) is 30.9 Å². The summed E-state index contributed by atoms with van der Waals surface area (Å²) in [5.41, 5.74) is 2.21. The van der Waals surface area contributed by atoms with Crippen LogP contribution >= 0.6 is 0 Å². The number of carbonyl (C=O) groups excluding carboxylic acids is 2. The molecule has 6 heteroatoms. The number of hydrogen-bond donors (Lipinski definition) is 1. The van der Waals surface area contributed by atoms with Gasteiger partial charge in [0.15, 0.2) is 0 Å². The highest BCUT2D eigenvalue weighted by Crippen LogP contribution is 2.27. The fraction of sp³-hybridized carbons (Fsp3) is 0.474. The first-order chi connectivity index (χ1) is 12.2. The van der Waals surface area contributed by atoms with Gasteiger partial charge in [0.05, 0.1) is 23.8 Å². The lowest BCUT2D eigenvalue weighted by Crippen LogP contribution is -2.43. The molecule has 25 heavy (non-hydrogen) atoms. The van der Waals surface area contributed by atoms with Gasteiger partial charge in [0.2, 0.25) is 5.91 Å². The Morgan fingerprint density at radius 2 is 1.96 bits per heavy atom. The minimum atomic E-state index is -0.741. The van der Waals surface area contributed by atoms with Crippen molar-refractivity contribution in [3.05, 3.63) is 36.2 Å². The maximum atomic E-state index is 12.3. The molecule has 2 aromatic rings. The van der Waals surface area contributed by atoms with Gasteiger partial charge in [-0.1, -0.05) is 25.0 Å². The fourth-order valence-electron chi connectivity index (χ4n) is 3.37. The van der Waals surface area contributed by atoms with Crippen LogP contribution in [-0.4, -0.2) is 35.0 Å². The molecule has 1 saturated carbocycles. The lowest BCUT2D eigenvalue weighted by Gasteiger charge is -2.17. The Morgan fingerprint density at radius 1 is 1.24 bits per heavy atom. The predicted octanol–water partition coefficient (Wildman–Crippen LogP) is 2.41. The third kappa shape index (κ3) is 4.53. The van der Waals surface area contributed by atoms with E-state index in [1.54, 1.807) is 6.20 Å². The molecule has 6 nitrogen and oxygen atoms in total. The highest BCUT2D eigenvalue weighted by Gasteiger charge is 2.25. The second-order valence-corrected chi connectivity index (χ2v) is 6.55. The highest BCUT2D eigenvalue weighted by molar-refractivity contribution is 5.84. The number of carbonyl (C=O) groups is 2. The van der Waals surface area contributed by atoms with Crippen LogP contribution in [-0.2, 0) is 20.7 Å². The van der Waals surface area contributed by atoms with E-state index in [2.05, 4.69) is 15.3 Å². The summed E-state index contributed by atoms with van der Waals surface area (Å²) in [6, 6.07) is 6.80. The van der Waals surface area contributed by atoms with Crippen LogP contribution in [0.3, 0.4) is 0 Å². The van der Waals surface area contributed by atoms with Crippen molar-refractivity contribution in [2.75, 3.05) is 7.11 Å². The molecule has 1 amide bonds. The first-order valence-electron chi connectivity index (χ1n) is 8.73. The topological polar surface area (TPSA) is 81.2 Å². The SMILES string of the molecule is COC(=O)[C@@H](Cc1cnc2ccccc2n1)NC(=O)CC1CCCC1. The lowest BCUT2D eigenvalue weighted by molar-refractivity contribution is -0.145. The van der Waals surface area contributed by atoms with E-state index in [9.17, 15) is 9.59 Å². The summed E-state index contributed by atoms with van der Waals surface area (Å²) in [6.07, 6.45) is 6.92. The number of nitrogens with one attached hydrogen (secondary N) is 1. The third-order valence-corrected chi connectivity index (χ3v) is 4.68. The second-order valence-electron chi connectivity index (χ2n) is 6.55. The quantitative estimate of drug-likeness (QED) is 0.816. The van der Waals surface area contributed by atoms with Gasteiger partial charge in [-0.3, -0.25) is 9.78 Å². The van der Waals surface area contributed by atoms with Crippen LogP contribution in [0.1, 0.15) is 37.8 Å². The Balaban J connectivity index is 1.68. The van der Waals surface area contributed by atoms with E-state index >= 15 is 0 Å². The predicted molar refractivity (Wildman–Crippen MR) is 93.8 cm³/mol. The van der Waals surface area contributed by atoms with Gasteiger partial charge in [-0.15, -0.1) is 0 Å². The van der Waals surface area contributed by atoms with Crippen LogP contribution in [0.4, 0.5) is 0 Å². The van der Waals surface area contributed by atoms with Gasteiger partial charge in [0.25, 0.3) is 0 Å². The van der Waals surface area contributed by atoms with Gasteiger partial charge < -0.3 is 10.1 Å². The van der Waals surface area contributed by atoms with Crippen molar-refractivity contribution in [2.24, 2.45) is 5.92 Å². The monoisotopic (exact) mass is 341 g/mol. The molecular formula is C19H23N3O3. The van der Waals surface area contributed by atoms with Gasteiger partial charge >= 0.3 is 5.97 Å². The Hall–Kier alpha value is -2.50. The van der Waals surface area contributed by atoms with Gasteiger partial charge in [0.1, 0.15) is 6.04 Å². The number of para-hydroxylation sites is 2. The van der Waals surface area contributed by atoms with Crippen molar-refractivity contribution in [2.45, 2.75) is 44.6 Å². The maximum Gasteiger partial charge on any atom is 0.328 e. The van der Waals surface area contributed by atoms with Crippen molar-refractivity contribution in [3.63, 3.8) is 0 Å². The molecule has 0 bridgehead atoms. The molecule has 1 aliphatic rings. The van der Waals surface area contributed by atoms with Crippen molar-refractivity contribution < 1.29 is 14.3 Å². The van der Waals surface area contributed by atoms with E-state index in [0.29, 0.717) is 18.0 Å². The summed E-state index contributed by atoms with van der Waals surface area (Å²) < 4.78 is 4.84. The molecule has 1 fully saturated rings. The van der Waals surface area contributed by atoms with Crippen LogP contribution in [0.2, 0.25) is 0 Å². The number of benzene rings is 1. The molecule has 1 heterocycles. The first-order valence-corrected chi connectivity index (χ1v) is 8.73. The molecule has 1 aliphatic carbocycles. The van der Waals surface area contributed by atoms with Crippen molar-refractivity contribution in [1.29, 1.82) is 0 Å². The van der Waals surface area contributed by atoms with E-state index in [-0.39, 0.29) is 12.3 Å². The Kier molecular flexibility index (Phi) is 5.58. The number of methoxy groups -OCH3 is 1. The molecule has 1 N–H and O–H groups in total. The van der Waals surface area contributed by atoms with Crippen LogP contribution < -0.4 is 5.32 Å². The van der Waals surface area contributed by atoms with Gasteiger partial charge in [-0.25, -0.2) is 9.78 Å². The van der Waals surface area contributed by atoms with E-state index < -0.39 is 12.0 Å². The van der Waals surface area contributed by atoms with Crippen LogP contribution in [0, 0.1) is 5.92 Å². The molecule has 0 radical (unpaired) electrons. The van der Waals surface area contributed by atoms with Gasteiger partial charge in [-0.2, -0.15) is 0 Å². The molecule has 0 unspecified atom stereocenters. The van der Waals surface area contributed by atoms with Crippen LogP contribution in [0.5, 0.6) is 0 Å². The zero-order chi connectivity index (χ0) is 17.6. The molecule has 1 atom stereocenters. The average Bonchev–Trinajstić information content (AvgIpc) is 3.13. The minimum absolute atomic E-state index is 0.101. The van der Waals surface area contributed by atoms with Gasteiger partial charge in [0, 0.05) is 19.0 Å². The second kappa shape index (κ2) is 8.05. The highest BCUT2D eigenvalue weighted by atomic mass is 16.5. The molecule has 132 valence electrons. The molecule has 0 aliphatic heterocycles. The van der Waals surface area contributed by atoms with Crippen molar-refractivity contribution >= 4 is 22.9 Å². The number of nitrogens with zero attached hydrogens (tertiary/aromatic N) is 2.